The van der Waals surface area contributed by atoms with Crippen LogP contribution >= 0.6 is 0 Å². The van der Waals surface area contributed by atoms with Crippen LogP contribution in [-0.2, 0) is 14.2 Å². The predicted molar refractivity (Wildman–Crippen MR) is 57.6 cm³/mol. The van der Waals surface area contributed by atoms with E-state index >= 15 is 0 Å². The third kappa shape index (κ3) is 1.14. The van der Waals surface area contributed by atoms with Crippen molar-refractivity contribution in [3.8, 4) is 0 Å². The fourth-order valence-electron chi connectivity index (χ4n) is 4.41. The lowest BCUT2D eigenvalue weighted by molar-refractivity contribution is -0.267. The largest absolute Gasteiger partial charge is 0.352 e. The Morgan fingerprint density at radius 3 is 2.88 bits per heavy atom. The molecule has 0 N–H and O–H groups in total. The van der Waals surface area contributed by atoms with Gasteiger partial charge in [0.25, 0.3) is 0 Å². The topological polar surface area (TPSA) is 27.7 Å². The summed E-state index contributed by atoms with van der Waals surface area (Å²) in [6, 6.07) is 0. The van der Waals surface area contributed by atoms with Crippen molar-refractivity contribution < 1.29 is 14.2 Å². The third-order valence-corrected chi connectivity index (χ3v) is 5.08. The lowest BCUT2D eigenvalue weighted by Gasteiger charge is -2.30. The minimum Gasteiger partial charge on any atom is -0.352 e. The smallest absolute Gasteiger partial charge is 0.164 e. The first-order valence-electron chi connectivity index (χ1n) is 6.81. The first-order valence-corrected chi connectivity index (χ1v) is 6.81. The number of hydrogen-bond acceptors (Lipinski definition) is 3. The maximum absolute atomic E-state index is 6.10. The Labute approximate surface area is 96.4 Å². The summed E-state index contributed by atoms with van der Waals surface area (Å²) in [7, 11) is 0. The van der Waals surface area contributed by atoms with Gasteiger partial charge in [-0.25, -0.2) is 0 Å². The second-order valence-corrected chi connectivity index (χ2v) is 5.83. The Kier molecular flexibility index (Phi) is 2.12. The summed E-state index contributed by atoms with van der Waals surface area (Å²) in [5, 5.41) is 0. The molecule has 0 amide bonds. The molecule has 90 valence electrons. The average molecular weight is 224 g/mol. The van der Waals surface area contributed by atoms with E-state index in [1.165, 1.54) is 25.7 Å². The van der Waals surface area contributed by atoms with Crippen LogP contribution in [0.4, 0.5) is 0 Å². The number of fused-ring (bicyclic) bond motifs is 1. The standard InChI is InChI=1S/C13H20O3/c1-2-3-4-10-11-8-5-7-9(11)6-14-12(7)16-13(8)15-10/h7-13H,2-6H2,1H3/t7-,8+,9+,10+,11+,12-,13+/m0/s1. The van der Waals surface area contributed by atoms with Gasteiger partial charge < -0.3 is 14.2 Å². The van der Waals surface area contributed by atoms with E-state index in [2.05, 4.69) is 6.92 Å². The fraction of sp³-hybridized carbons (Fsp3) is 1.00. The van der Waals surface area contributed by atoms with Crippen molar-refractivity contribution in [2.75, 3.05) is 6.61 Å². The molecule has 3 aliphatic heterocycles. The van der Waals surface area contributed by atoms with Crippen molar-refractivity contribution in [1.29, 1.82) is 0 Å². The average Bonchev–Trinajstić information content (AvgIpc) is 2.90. The van der Waals surface area contributed by atoms with Gasteiger partial charge in [0.15, 0.2) is 12.6 Å². The van der Waals surface area contributed by atoms with E-state index < -0.39 is 0 Å². The molecular formula is C13H20O3. The molecule has 0 radical (unpaired) electrons. The molecule has 4 aliphatic rings. The zero-order chi connectivity index (χ0) is 10.7. The van der Waals surface area contributed by atoms with Crippen LogP contribution in [0.25, 0.3) is 0 Å². The highest BCUT2D eigenvalue weighted by molar-refractivity contribution is 5.05. The van der Waals surface area contributed by atoms with Crippen LogP contribution in [0.5, 0.6) is 0 Å². The first kappa shape index (κ1) is 9.86. The van der Waals surface area contributed by atoms with Crippen molar-refractivity contribution in [2.24, 2.45) is 23.7 Å². The second kappa shape index (κ2) is 3.44. The Morgan fingerprint density at radius 1 is 1.06 bits per heavy atom. The van der Waals surface area contributed by atoms with Crippen LogP contribution in [0, 0.1) is 23.7 Å². The molecule has 4 rings (SSSR count). The molecule has 0 spiro atoms. The summed E-state index contributed by atoms with van der Waals surface area (Å²) < 4.78 is 17.8. The zero-order valence-corrected chi connectivity index (χ0v) is 9.80. The van der Waals surface area contributed by atoms with Crippen molar-refractivity contribution in [2.45, 2.75) is 51.3 Å². The summed E-state index contributed by atoms with van der Waals surface area (Å²) >= 11 is 0. The van der Waals surface area contributed by atoms with Crippen molar-refractivity contribution in [3.05, 3.63) is 0 Å². The van der Waals surface area contributed by atoms with E-state index in [0.29, 0.717) is 17.9 Å². The Hall–Kier alpha value is -0.120. The van der Waals surface area contributed by atoms with Gasteiger partial charge in [0, 0.05) is 11.8 Å². The van der Waals surface area contributed by atoms with Crippen molar-refractivity contribution in [3.63, 3.8) is 0 Å². The normalized spacial score (nSPS) is 57.2. The van der Waals surface area contributed by atoms with Gasteiger partial charge in [-0.15, -0.1) is 0 Å². The molecule has 3 heteroatoms. The molecule has 3 nitrogen and oxygen atoms in total. The van der Waals surface area contributed by atoms with Crippen molar-refractivity contribution >= 4 is 0 Å². The Bertz CT molecular complexity index is 293. The highest BCUT2D eigenvalue weighted by atomic mass is 16.8. The van der Waals surface area contributed by atoms with Crippen LogP contribution in [0.15, 0.2) is 0 Å². The van der Waals surface area contributed by atoms with Gasteiger partial charge in [0.1, 0.15) is 0 Å². The Morgan fingerprint density at radius 2 is 2.00 bits per heavy atom. The van der Waals surface area contributed by atoms with Crippen molar-refractivity contribution in [1.82, 2.24) is 0 Å². The molecule has 0 unspecified atom stereocenters. The van der Waals surface area contributed by atoms with Gasteiger partial charge in [-0.05, 0) is 24.7 Å². The molecule has 3 saturated heterocycles. The lowest BCUT2D eigenvalue weighted by atomic mass is 9.84. The van der Waals surface area contributed by atoms with E-state index in [-0.39, 0.29) is 12.6 Å². The molecule has 1 saturated carbocycles. The number of ether oxygens (including phenoxy) is 3. The molecule has 16 heavy (non-hydrogen) atoms. The SMILES string of the molecule is CCCC[C@H]1O[C@@H]2O[C@@H]3OC[C@@H]4[C@@H]3C[C@@H]2[C@H]41. The first-order chi connectivity index (χ1) is 7.88. The molecule has 7 atom stereocenters. The second-order valence-electron chi connectivity index (χ2n) is 5.83. The van der Waals surface area contributed by atoms with Gasteiger partial charge in [-0.1, -0.05) is 19.8 Å². The van der Waals surface area contributed by atoms with Gasteiger partial charge in [0.05, 0.1) is 12.7 Å². The third-order valence-electron chi connectivity index (χ3n) is 5.08. The van der Waals surface area contributed by atoms with E-state index in [4.69, 9.17) is 14.2 Å². The maximum atomic E-state index is 6.10. The number of rotatable bonds is 3. The highest BCUT2D eigenvalue weighted by Gasteiger charge is 2.64. The molecule has 3 heterocycles. The molecule has 2 bridgehead atoms. The minimum absolute atomic E-state index is 0.0541. The molecule has 1 aliphatic carbocycles. The quantitative estimate of drug-likeness (QED) is 0.735. The summed E-state index contributed by atoms with van der Waals surface area (Å²) in [5.74, 6) is 2.81. The summed E-state index contributed by atoms with van der Waals surface area (Å²) in [5.41, 5.74) is 0. The minimum atomic E-state index is 0.0541. The van der Waals surface area contributed by atoms with Crippen LogP contribution in [-0.4, -0.2) is 25.3 Å². The lowest BCUT2D eigenvalue weighted by Crippen LogP contribution is -2.35. The van der Waals surface area contributed by atoms with E-state index in [0.717, 1.165) is 18.4 Å². The molecule has 0 aromatic carbocycles. The van der Waals surface area contributed by atoms with E-state index in [9.17, 15) is 0 Å². The Balaban J connectivity index is 1.59. The van der Waals surface area contributed by atoms with Gasteiger partial charge in [0.2, 0.25) is 0 Å². The summed E-state index contributed by atoms with van der Waals surface area (Å²) in [6.07, 6.45) is 5.60. The maximum Gasteiger partial charge on any atom is 0.164 e. The van der Waals surface area contributed by atoms with E-state index in [1.807, 2.05) is 0 Å². The molecule has 4 fully saturated rings. The van der Waals surface area contributed by atoms with Crippen LogP contribution in [0.3, 0.4) is 0 Å². The van der Waals surface area contributed by atoms with Crippen LogP contribution in [0.1, 0.15) is 32.6 Å². The number of hydrogen-bond donors (Lipinski definition) is 0. The van der Waals surface area contributed by atoms with Gasteiger partial charge in [-0.2, -0.15) is 0 Å². The fourth-order valence-corrected chi connectivity index (χ4v) is 4.41. The van der Waals surface area contributed by atoms with Gasteiger partial charge >= 0.3 is 0 Å². The van der Waals surface area contributed by atoms with Crippen LogP contribution in [0.2, 0.25) is 0 Å². The zero-order valence-electron chi connectivity index (χ0n) is 9.80. The molecule has 0 aromatic heterocycles. The molecule has 0 aromatic rings. The highest BCUT2D eigenvalue weighted by Crippen LogP contribution is 2.59. The van der Waals surface area contributed by atoms with E-state index in [1.54, 1.807) is 0 Å². The predicted octanol–water partition coefficient (Wildman–Crippen LogP) is 2.16. The monoisotopic (exact) mass is 224 g/mol. The molecular weight excluding hydrogens is 204 g/mol. The van der Waals surface area contributed by atoms with Gasteiger partial charge in [-0.3, -0.25) is 0 Å². The number of unbranched alkanes of at least 4 members (excludes halogenated alkanes) is 1. The summed E-state index contributed by atoms with van der Waals surface area (Å²) in [6.45, 7) is 3.16. The summed E-state index contributed by atoms with van der Waals surface area (Å²) in [4.78, 5) is 0. The van der Waals surface area contributed by atoms with Crippen LogP contribution < -0.4 is 0 Å².